The Balaban J connectivity index is 1.57. The molecule has 2 N–H and O–H groups in total. The normalized spacial score (nSPS) is 11.3. The van der Waals surface area contributed by atoms with Crippen molar-refractivity contribution in [1.82, 2.24) is 0 Å². The summed E-state index contributed by atoms with van der Waals surface area (Å²) in [4.78, 5) is 0. The summed E-state index contributed by atoms with van der Waals surface area (Å²) in [6, 6.07) is 44.6. The van der Waals surface area contributed by atoms with E-state index in [2.05, 4.69) is 90.1 Å². The van der Waals surface area contributed by atoms with Gasteiger partial charge in [-0.1, -0.05) is 97.1 Å². The lowest BCUT2D eigenvalue weighted by molar-refractivity contribution is 0.493. The fourth-order valence-electron chi connectivity index (χ4n) is 4.96. The quantitative estimate of drug-likeness (QED) is 0.172. The van der Waals surface area contributed by atoms with Crippen molar-refractivity contribution < 1.29 is 9.05 Å². The van der Waals surface area contributed by atoms with Crippen LogP contribution in [0.1, 0.15) is 6.92 Å². The van der Waals surface area contributed by atoms with Crippen LogP contribution in [0, 0.1) is 0 Å². The zero-order valence-corrected chi connectivity index (χ0v) is 23.8. The number of hydrogen-bond donors (Lipinski definition) is 2. The van der Waals surface area contributed by atoms with Crippen LogP contribution in [0.15, 0.2) is 133 Å². The lowest BCUT2D eigenvalue weighted by Gasteiger charge is -2.27. The molecule has 0 unspecified atom stereocenters. The van der Waals surface area contributed by atoms with Gasteiger partial charge in [0.2, 0.25) is 0 Å². The molecule has 0 amide bonds. The average Bonchev–Trinajstić information content (AvgIpc) is 2.98. The predicted octanol–water partition coefficient (Wildman–Crippen LogP) is 9.89. The zero-order valence-electron chi connectivity index (χ0n) is 22.1. The number of nitrogens with one attached hydrogen (secondary N) is 2. The fraction of sp³-hybridized carbons (Fsp3) is 0.0588. The molecule has 0 saturated heterocycles. The van der Waals surface area contributed by atoms with Gasteiger partial charge in [0.15, 0.2) is 0 Å². The summed E-state index contributed by atoms with van der Waals surface area (Å²) in [7, 11) is 0. The van der Waals surface area contributed by atoms with Gasteiger partial charge in [-0.25, -0.2) is 0 Å². The van der Waals surface area contributed by atoms with Gasteiger partial charge < -0.3 is 14.4 Å². The van der Waals surface area contributed by atoms with Crippen LogP contribution in [0.3, 0.4) is 0 Å². The van der Waals surface area contributed by atoms with Crippen molar-refractivity contribution in [3.8, 4) is 22.6 Å². The molecule has 198 valence electrons. The second-order valence-electron chi connectivity index (χ2n) is 9.37. The van der Waals surface area contributed by atoms with Gasteiger partial charge in [-0.3, -0.25) is 5.09 Å². The molecule has 6 aromatic carbocycles. The molecule has 0 aliphatic rings. The average molecular weight is 561 g/mol. The first-order valence-electron chi connectivity index (χ1n) is 13.3. The first kappa shape index (κ1) is 25.9. The van der Waals surface area contributed by atoms with E-state index in [0.717, 1.165) is 45.2 Å². The summed E-state index contributed by atoms with van der Waals surface area (Å²) in [5.74, 6) is 1.30. The van der Waals surface area contributed by atoms with Crippen LogP contribution in [-0.4, -0.2) is 6.54 Å². The van der Waals surface area contributed by atoms with Crippen LogP contribution in [0.4, 0.5) is 11.4 Å². The van der Waals surface area contributed by atoms with E-state index in [4.69, 9.17) is 20.9 Å². The molecule has 0 aromatic heterocycles. The molecule has 0 fully saturated rings. The molecule has 4 nitrogen and oxygen atoms in total. The maximum Gasteiger partial charge on any atom is 0.392 e. The highest BCUT2D eigenvalue weighted by Crippen LogP contribution is 2.52. The molecule has 0 bridgehead atoms. The standard InChI is InChI=1S/C34H29N2O2PS/c1-2-35-31-23-21-25-13-9-11-19-29(25)33(31)34-30-20-12-10-14-26(30)22-24-32(34)36-39(40,37-27-15-5-3-6-16-27)38-28-17-7-4-8-18-28/h3-24,35H,2H2,1H3,(H,36,40). The molecule has 0 radical (unpaired) electrons. The molecule has 0 spiro atoms. The number of anilines is 2. The van der Waals surface area contributed by atoms with Gasteiger partial charge in [-0.15, -0.1) is 0 Å². The molecule has 6 heteroatoms. The van der Waals surface area contributed by atoms with Crippen molar-refractivity contribution in [3.05, 3.63) is 133 Å². The second kappa shape index (κ2) is 11.4. The number of para-hydroxylation sites is 2. The largest absolute Gasteiger partial charge is 0.421 e. The van der Waals surface area contributed by atoms with Crippen LogP contribution in [-0.2, 0) is 11.8 Å². The van der Waals surface area contributed by atoms with Crippen LogP contribution in [0.2, 0.25) is 0 Å². The van der Waals surface area contributed by atoms with Crippen molar-refractivity contribution >= 4 is 51.4 Å². The topological polar surface area (TPSA) is 42.5 Å². The van der Waals surface area contributed by atoms with E-state index in [1.54, 1.807) is 0 Å². The van der Waals surface area contributed by atoms with Crippen LogP contribution < -0.4 is 19.5 Å². The molecule has 6 rings (SSSR count). The van der Waals surface area contributed by atoms with Gasteiger partial charge >= 0.3 is 6.64 Å². The highest BCUT2D eigenvalue weighted by Gasteiger charge is 2.27. The minimum Gasteiger partial charge on any atom is -0.421 e. The Labute approximate surface area is 239 Å². The number of benzene rings is 6. The van der Waals surface area contributed by atoms with E-state index in [1.807, 2.05) is 60.7 Å². The van der Waals surface area contributed by atoms with Gasteiger partial charge in [0, 0.05) is 35.2 Å². The number of fused-ring (bicyclic) bond motifs is 2. The van der Waals surface area contributed by atoms with Crippen molar-refractivity contribution in [2.75, 3.05) is 16.9 Å². The van der Waals surface area contributed by atoms with E-state index < -0.39 is 6.64 Å². The van der Waals surface area contributed by atoms with Gasteiger partial charge in [0.25, 0.3) is 0 Å². The van der Waals surface area contributed by atoms with Crippen molar-refractivity contribution in [1.29, 1.82) is 0 Å². The molecule has 0 aliphatic heterocycles. The van der Waals surface area contributed by atoms with E-state index in [-0.39, 0.29) is 0 Å². The van der Waals surface area contributed by atoms with E-state index in [0.29, 0.717) is 11.5 Å². The molecule has 40 heavy (non-hydrogen) atoms. The summed E-state index contributed by atoms with van der Waals surface area (Å²) < 4.78 is 12.9. The highest BCUT2D eigenvalue weighted by atomic mass is 32.5. The molecule has 0 heterocycles. The molecule has 0 aliphatic carbocycles. The van der Waals surface area contributed by atoms with Crippen LogP contribution >= 0.6 is 6.64 Å². The Morgan fingerprint density at radius 1 is 0.550 bits per heavy atom. The van der Waals surface area contributed by atoms with Crippen molar-refractivity contribution in [2.24, 2.45) is 0 Å². The van der Waals surface area contributed by atoms with E-state index in [1.165, 1.54) is 5.39 Å². The molecule has 6 aromatic rings. The summed E-state index contributed by atoms with van der Waals surface area (Å²) in [5, 5.41) is 11.8. The zero-order chi connectivity index (χ0) is 27.4. The van der Waals surface area contributed by atoms with Crippen LogP contribution in [0.5, 0.6) is 11.5 Å². The molecule has 0 saturated carbocycles. The Hall–Kier alpha value is -4.31. The number of rotatable bonds is 9. The van der Waals surface area contributed by atoms with Gasteiger partial charge in [0.05, 0.1) is 5.69 Å². The Morgan fingerprint density at radius 3 is 1.52 bits per heavy atom. The smallest absolute Gasteiger partial charge is 0.392 e. The third-order valence-corrected chi connectivity index (χ3v) is 8.81. The van der Waals surface area contributed by atoms with E-state index >= 15 is 0 Å². The maximum absolute atomic E-state index is 6.45. The Bertz CT molecular complexity index is 1780. The SMILES string of the molecule is CCNc1ccc2ccccc2c1-c1c(NP(=S)(Oc2ccccc2)Oc2ccccc2)ccc2ccccc12. The predicted molar refractivity (Wildman–Crippen MR) is 173 cm³/mol. The second-order valence-corrected chi connectivity index (χ2v) is 12.4. The molecular weight excluding hydrogens is 531 g/mol. The summed E-state index contributed by atoms with van der Waals surface area (Å²) in [6.45, 7) is -0.228. The minimum absolute atomic E-state index is 0.648. The fourth-order valence-corrected chi connectivity index (χ4v) is 7.18. The summed E-state index contributed by atoms with van der Waals surface area (Å²) in [5.41, 5.74) is 4.07. The number of hydrogen-bond acceptors (Lipinski definition) is 4. The van der Waals surface area contributed by atoms with Gasteiger partial charge in [-0.2, -0.15) is 0 Å². The third kappa shape index (κ3) is 5.40. The van der Waals surface area contributed by atoms with Crippen molar-refractivity contribution in [2.45, 2.75) is 6.92 Å². The maximum atomic E-state index is 6.45. The monoisotopic (exact) mass is 560 g/mol. The van der Waals surface area contributed by atoms with Gasteiger partial charge in [0.1, 0.15) is 11.5 Å². The minimum atomic E-state index is -3.14. The molecular formula is C34H29N2O2PS. The van der Waals surface area contributed by atoms with Crippen LogP contribution in [0.25, 0.3) is 32.7 Å². The Kier molecular flexibility index (Phi) is 7.41. The first-order valence-corrected chi connectivity index (χ1v) is 15.9. The summed E-state index contributed by atoms with van der Waals surface area (Å²) >= 11 is 6.20. The first-order chi connectivity index (χ1) is 19.6. The third-order valence-electron chi connectivity index (χ3n) is 6.67. The Morgan fingerprint density at radius 2 is 1.00 bits per heavy atom. The summed E-state index contributed by atoms with van der Waals surface area (Å²) in [6.07, 6.45) is 0. The van der Waals surface area contributed by atoms with Crippen molar-refractivity contribution in [3.63, 3.8) is 0 Å². The molecule has 0 atom stereocenters. The lowest BCUT2D eigenvalue weighted by atomic mass is 9.91. The van der Waals surface area contributed by atoms with E-state index in [9.17, 15) is 0 Å². The van der Waals surface area contributed by atoms with Gasteiger partial charge in [-0.05, 0) is 64.9 Å². The lowest BCUT2D eigenvalue weighted by Crippen LogP contribution is -2.11. The highest BCUT2D eigenvalue weighted by molar-refractivity contribution is 8.10.